The normalized spacial score (nSPS) is 10.5. The second-order valence-electron chi connectivity index (χ2n) is 3.69. The Morgan fingerprint density at radius 1 is 1.35 bits per heavy atom. The lowest BCUT2D eigenvalue weighted by atomic mass is 10.1. The van der Waals surface area contributed by atoms with Crippen LogP contribution in [0.2, 0.25) is 0 Å². The Labute approximate surface area is 104 Å². The van der Waals surface area contributed by atoms with Crippen molar-refractivity contribution in [3.63, 3.8) is 0 Å². The van der Waals surface area contributed by atoms with Crippen molar-refractivity contribution in [3.05, 3.63) is 35.0 Å². The van der Waals surface area contributed by atoms with Gasteiger partial charge in [0.15, 0.2) is 11.6 Å². The summed E-state index contributed by atoms with van der Waals surface area (Å²) in [4.78, 5) is 1.20. The van der Waals surface area contributed by atoms with Crippen LogP contribution >= 0.6 is 11.3 Å². The van der Waals surface area contributed by atoms with E-state index in [4.69, 9.17) is 10.5 Å². The highest BCUT2D eigenvalue weighted by Gasteiger charge is 2.10. The molecule has 0 saturated heterocycles. The maximum Gasteiger partial charge on any atom is 0.165 e. The number of rotatable bonds is 3. The third kappa shape index (κ3) is 2.26. The van der Waals surface area contributed by atoms with Gasteiger partial charge in [0.2, 0.25) is 0 Å². The van der Waals surface area contributed by atoms with Crippen molar-refractivity contribution in [1.82, 2.24) is 0 Å². The number of anilines is 1. The summed E-state index contributed by atoms with van der Waals surface area (Å²) in [5, 5.41) is 0.728. The van der Waals surface area contributed by atoms with Crippen LogP contribution in [-0.2, 0) is 6.42 Å². The molecule has 0 aliphatic carbocycles. The first-order valence-corrected chi connectivity index (χ1v) is 6.19. The minimum absolute atomic E-state index is 0.248. The molecule has 4 heteroatoms. The fraction of sp³-hybridized carbons (Fsp3) is 0.231. The minimum Gasteiger partial charge on any atom is -0.494 e. The average Bonchev–Trinajstić information content (AvgIpc) is 2.70. The number of nitrogen functional groups attached to an aromatic ring is 1. The minimum atomic E-state index is -0.367. The average molecular weight is 251 g/mol. The van der Waals surface area contributed by atoms with Crippen LogP contribution in [-0.4, -0.2) is 7.11 Å². The van der Waals surface area contributed by atoms with Gasteiger partial charge in [0.1, 0.15) is 0 Å². The summed E-state index contributed by atoms with van der Waals surface area (Å²) < 4.78 is 18.5. The maximum absolute atomic E-state index is 13.6. The molecule has 0 unspecified atom stereocenters. The van der Waals surface area contributed by atoms with Crippen molar-refractivity contribution >= 4 is 16.3 Å². The van der Waals surface area contributed by atoms with Crippen LogP contribution in [0.1, 0.15) is 11.8 Å². The summed E-state index contributed by atoms with van der Waals surface area (Å²) >= 11 is 1.55. The Morgan fingerprint density at radius 3 is 2.65 bits per heavy atom. The van der Waals surface area contributed by atoms with Crippen molar-refractivity contribution in [2.24, 2.45) is 0 Å². The lowest BCUT2D eigenvalue weighted by Gasteiger charge is -2.04. The second-order valence-corrected chi connectivity index (χ2v) is 4.86. The topological polar surface area (TPSA) is 35.2 Å². The predicted octanol–water partition coefficient (Wildman–Crippen LogP) is 3.71. The molecule has 1 aromatic heterocycles. The standard InChI is InChI=1S/C13H14FNOS/c1-3-9-7-10(13(15)17-9)8-4-5-12(16-2)11(14)6-8/h4-7H,3,15H2,1-2H3. The van der Waals surface area contributed by atoms with E-state index >= 15 is 0 Å². The van der Waals surface area contributed by atoms with Gasteiger partial charge in [-0.25, -0.2) is 4.39 Å². The molecule has 2 rings (SSSR count). The molecule has 0 amide bonds. The van der Waals surface area contributed by atoms with E-state index in [1.54, 1.807) is 17.4 Å². The molecule has 0 atom stereocenters. The first-order valence-electron chi connectivity index (χ1n) is 5.37. The zero-order valence-electron chi connectivity index (χ0n) is 9.79. The van der Waals surface area contributed by atoms with E-state index in [0.29, 0.717) is 0 Å². The lowest BCUT2D eigenvalue weighted by molar-refractivity contribution is 0.386. The van der Waals surface area contributed by atoms with Gasteiger partial charge in [-0.1, -0.05) is 13.0 Å². The van der Waals surface area contributed by atoms with Crippen LogP contribution in [0.25, 0.3) is 11.1 Å². The van der Waals surface area contributed by atoms with Crippen molar-refractivity contribution in [1.29, 1.82) is 0 Å². The molecule has 1 heterocycles. The number of aryl methyl sites for hydroxylation is 1. The predicted molar refractivity (Wildman–Crippen MR) is 70.1 cm³/mol. The molecule has 1 aromatic carbocycles. The Balaban J connectivity index is 2.45. The van der Waals surface area contributed by atoms with Crippen LogP contribution in [0.5, 0.6) is 5.75 Å². The second kappa shape index (κ2) is 4.75. The van der Waals surface area contributed by atoms with Gasteiger partial charge in [0.25, 0.3) is 0 Å². The Morgan fingerprint density at radius 2 is 2.12 bits per heavy atom. The van der Waals surface area contributed by atoms with Crippen LogP contribution in [0.15, 0.2) is 24.3 Å². The van der Waals surface area contributed by atoms with E-state index in [1.165, 1.54) is 18.1 Å². The van der Waals surface area contributed by atoms with E-state index in [2.05, 4.69) is 6.92 Å². The highest BCUT2D eigenvalue weighted by Crippen LogP contribution is 2.35. The number of ether oxygens (including phenoxy) is 1. The van der Waals surface area contributed by atoms with Gasteiger partial charge in [-0.2, -0.15) is 0 Å². The number of hydrogen-bond donors (Lipinski definition) is 1. The molecule has 0 bridgehead atoms. The van der Waals surface area contributed by atoms with Gasteiger partial charge in [-0.05, 0) is 30.2 Å². The Hall–Kier alpha value is -1.55. The summed E-state index contributed by atoms with van der Waals surface area (Å²) in [6.07, 6.45) is 0.938. The molecule has 0 radical (unpaired) electrons. The molecule has 0 fully saturated rings. The van der Waals surface area contributed by atoms with E-state index in [9.17, 15) is 4.39 Å². The monoisotopic (exact) mass is 251 g/mol. The van der Waals surface area contributed by atoms with E-state index in [-0.39, 0.29) is 11.6 Å². The maximum atomic E-state index is 13.6. The molecular formula is C13H14FNOS. The third-order valence-electron chi connectivity index (χ3n) is 2.62. The number of methoxy groups -OCH3 is 1. The van der Waals surface area contributed by atoms with Gasteiger partial charge in [-0.3, -0.25) is 0 Å². The van der Waals surface area contributed by atoms with Crippen molar-refractivity contribution in [2.75, 3.05) is 12.8 Å². The number of hydrogen-bond acceptors (Lipinski definition) is 3. The molecule has 0 saturated carbocycles. The summed E-state index contributed by atoms with van der Waals surface area (Å²) in [6.45, 7) is 2.07. The van der Waals surface area contributed by atoms with Crippen LogP contribution in [0, 0.1) is 5.82 Å². The summed E-state index contributed by atoms with van der Waals surface area (Å²) in [5.41, 5.74) is 7.62. The largest absolute Gasteiger partial charge is 0.494 e. The molecule has 2 nitrogen and oxygen atoms in total. The van der Waals surface area contributed by atoms with Crippen molar-refractivity contribution in [2.45, 2.75) is 13.3 Å². The molecule has 2 N–H and O–H groups in total. The van der Waals surface area contributed by atoms with Crippen LogP contribution in [0.4, 0.5) is 9.39 Å². The Bertz CT molecular complexity index is 536. The number of nitrogens with two attached hydrogens (primary N) is 1. The SMILES string of the molecule is CCc1cc(-c2ccc(OC)c(F)c2)c(N)s1. The Kier molecular flexibility index (Phi) is 3.33. The summed E-state index contributed by atoms with van der Waals surface area (Å²) in [7, 11) is 1.45. The molecule has 90 valence electrons. The van der Waals surface area contributed by atoms with Crippen LogP contribution in [0.3, 0.4) is 0 Å². The highest BCUT2D eigenvalue weighted by atomic mass is 32.1. The number of benzene rings is 1. The van der Waals surface area contributed by atoms with E-state index in [1.807, 2.05) is 12.1 Å². The molecule has 0 spiro atoms. The molecule has 17 heavy (non-hydrogen) atoms. The molecular weight excluding hydrogens is 237 g/mol. The highest BCUT2D eigenvalue weighted by molar-refractivity contribution is 7.16. The van der Waals surface area contributed by atoms with Gasteiger partial charge >= 0.3 is 0 Å². The quantitative estimate of drug-likeness (QED) is 0.902. The van der Waals surface area contributed by atoms with E-state index < -0.39 is 0 Å². The molecule has 2 aromatic rings. The van der Waals surface area contributed by atoms with Crippen LogP contribution < -0.4 is 10.5 Å². The molecule has 0 aliphatic heterocycles. The summed E-state index contributed by atoms with van der Waals surface area (Å²) in [6, 6.07) is 6.91. The summed E-state index contributed by atoms with van der Waals surface area (Å²) in [5.74, 6) is -0.119. The van der Waals surface area contributed by atoms with E-state index in [0.717, 1.165) is 22.5 Å². The molecule has 0 aliphatic rings. The first-order chi connectivity index (χ1) is 8.15. The third-order valence-corrected chi connectivity index (χ3v) is 3.73. The van der Waals surface area contributed by atoms with Gasteiger partial charge < -0.3 is 10.5 Å². The fourth-order valence-corrected chi connectivity index (χ4v) is 2.58. The fourth-order valence-electron chi connectivity index (χ4n) is 1.69. The van der Waals surface area contributed by atoms with Crippen molar-refractivity contribution < 1.29 is 9.13 Å². The lowest BCUT2D eigenvalue weighted by Crippen LogP contribution is -1.89. The first kappa shape index (κ1) is 11.9. The number of thiophene rings is 1. The zero-order valence-corrected chi connectivity index (χ0v) is 10.6. The zero-order chi connectivity index (χ0) is 12.4. The van der Waals surface area contributed by atoms with Crippen molar-refractivity contribution in [3.8, 4) is 16.9 Å². The smallest absolute Gasteiger partial charge is 0.165 e. The van der Waals surface area contributed by atoms with Gasteiger partial charge in [-0.15, -0.1) is 11.3 Å². The number of halogens is 1. The van der Waals surface area contributed by atoms with Gasteiger partial charge in [0, 0.05) is 10.4 Å². The van der Waals surface area contributed by atoms with Gasteiger partial charge in [0.05, 0.1) is 12.1 Å².